The lowest BCUT2D eigenvalue weighted by Crippen LogP contribution is -2.24. The van der Waals surface area contributed by atoms with Crippen LogP contribution in [0.4, 0.5) is 5.69 Å². The molecule has 0 aliphatic heterocycles. The van der Waals surface area contributed by atoms with Crippen LogP contribution >= 0.6 is 11.3 Å². The van der Waals surface area contributed by atoms with Crippen LogP contribution in [0, 0.1) is 0 Å². The average molecular weight is 366 g/mol. The number of nitrogens with zero attached hydrogens (tertiary/aromatic N) is 2. The average Bonchev–Trinajstić information content (AvgIpc) is 3.08. The van der Waals surface area contributed by atoms with Crippen molar-refractivity contribution in [2.75, 3.05) is 19.0 Å². The second-order valence-electron chi connectivity index (χ2n) is 6.41. The zero-order valence-electron chi connectivity index (χ0n) is 15.1. The number of carbonyl (C=O) groups excluding carboxylic acids is 1. The van der Waals surface area contributed by atoms with E-state index in [4.69, 9.17) is 0 Å². The van der Waals surface area contributed by atoms with Gasteiger partial charge in [0.1, 0.15) is 0 Å². The van der Waals surface area contributed by atoms with Crippen molar-refractivity contribution in [3.8, 4) is 0 Å². The predicted molar refractivity (Wildman–Crippen MR) is 108 cm³/mol. The van der Waals surface area contributed by atoms with E-state index in [2.05, 4.69) is 39.5 Å². The molecule has 5 heteroatoms. The van der Waals surface area contributed by atoms with Gasteiger partial charge in [0.05, 0.1) is 17.1 Å². The third-order valence-corrected chi connectivity index (χ3v) is 4.98. The van der Waals surface area contributed by atoms with E-state index in [0.717, 1.165) is 28.4 Å². The Balaban J connectivity index is 1.49. The zero-order valence-corrected chi connectivity index (χ0v) is 15.9. The molecular weight excluding hydrogens is 342 g/mol. The normalized spacial score (nSPS) is 10.5. The number of hydrogen-bond acceptors (Lipinski definition) is 4. The minimum Gasteiger partial charge on any atom is -0.378 e. The first-order valence-corrected chi connectivity index (χ1v) is 9.48. The van der Waals surface area contributed by atoms with E-state index in [1.807, 2.05) is 49.8 Å². The van der Waals surface area contributed by atoms with Crippen molar-refractivity contribution in [1.82, 2.24) is 10.3 Å². The summed E-state index contributed by atoms with van der Waals surface area (Å²) in [5, 5.41) is 5.98. The number of amides is 1. The van der Waals surface area contributed by atoms with Gasteiger partial charge >= 0.3 is 0 Å². The summed E-state index contributed by atoms with van der Waals surface area (Å²) >= 11 is 1.61. The Morgan fingerprint density at radius 2 is 1.77 bits per heavy atom. The van der Waals surface area contributed by atoms with Crippen molar-refractivity contribution in [1.29, 1.82) is 0 Å². The van der Waals surface area contributed by atoms with Crippen LogP contribution in [0.3, 0.4) is 0 Å². The molecule has 0 fully saturated rings. The second-order valence-corrected chi connectivity index (χ2v) is 7.35. The van der Waals surface area contributed by atoms with Gasteiger partial charge in [0, 0.05) is 38.1 Å². The fourth-order valence-electron chi connectivity index (χ4n) is 2.62. The monoisotopic (exact) mass is 365 g/mol. The van der Waals surface area contributed by atoms with Crippen molar-refractivity contribution in [2.24, 2.45) is 0 Å². The number of carbonyl (C=O) groups is 1. The summed E-state index contributed by atoms with van der Waals surface area (Å²) in [6, 6.07) is 18.4. The molecule has 0 bridgehead atoms. The SMILES string of the molecule is CN(C)c1ccc(CNC(=O)Cc2csc(Cc3ccccc3)n2)cc1. The van der Waals surface area contributed by atoms with Crippen molar-refractivity contribution < 1.29 is 4.79 Å². The molecule has 3 aromatic rings. The van der Waals surface area contributed by atoms with E-state index in [1.165, 1.54) is 5.56 Å². The van der Waals surface area contributed by atoms with Crippen molar-refractivity contribution in [2.45, 2.75) is 19.4 Å². The van der Waals surface area contributed by atoms with Gasteiger partial charge in [0.2, 0.25) is 5.91 Å². The van der Waals surface area contributed by atoms with Crippen LogP contribution in [0.2, 0.25) is 0 Å². The smallest absolute Gasteiger partial charge is 0.226 e. The zero-order chi connectivity index (χ0) is 18.4. The number of rotatable bonds is 7. The van der Waals surface area contributed by atoms with Gasteiger partial charge in [-0.2, -0.15) is 0 Å². The van der Waals surface area contributed by atoms with Gasteiger partial charge in [-0.05, 0) is 23.3 Å². The molecule has 0 aliphatic rings. The molecule has 1 heterocycles. The minimum atomic E-state index is -0.00162. The van der Waals surface area contributed by atoms with Crippen LogP contribution in [0.1, 0.15) is 21.8 Å². The van der Waals surface area contributed by atoms with Crippen LogP contribution in [0.15, 0.2) is 60.0 Å². The van der Waals surface area contributed by atoms with E-state index in [1.54, 1.807) is 11.3 Å². The molecule has 1 amide bonds. The fraction of sp³-hybridized carbons (Fsp3) is 0.238. The lowest BCUT2D eigenvalue weighted by atomic mass is 10.2. The van der Waals surface area contributed by atoms with Gasteiger partial charge in [0.25, 0.3) is 0 Å². The molecule has 0 atom stereocenters. The summed E-state index contributed by atoms with van der Waals surface area (Å²) < 4.78 is 0. The molecule has 134 valence electrons. The first-order chi connectivity index (χ1) is 12.6. The van der Waals surface area contributed by atoms with Crippen molar-refractivity contribution >= 4 is 22.9 Å². The maximum atomic E-state index is 12.2. The number of aromatic nitrogens is 1. The van der Waals surface area contributed by atoms with Gasteiger partial charge in [-0.1, -0.05) is 42.5 Å². The first kappa shape index (κ1) is 18.1. The van der Waals surface area contributed by atoms with Gasteiger partial charge in [-0.25, -0.2) is 4.98 Å². The summed E-state index contributed by atoms with van der Waals surface area (Å²) in [7, 11) is 4.02. The largest absolute Gasteiger partial charge is 0.378 e. The summed E-state index contributed by atoms with van der Waals surface area (Å²) in [6.45, 7) is 0.535. The Kier molecular flexibility index (Phi) is 6.02. The van der Waals surface area contributed by atoms with Gasteiger partial charge in [-0.3, -0.25) is 4.79 Å². The number of anilines is 1. The number of thiazole rings is 1. The van der Waals surface area contributed by atoms with Gasteiger partial charge in [0.15, 0.2) is 0 Å². The molecule has 0 aliphatic carbocycles. The number of hydrogen-bond donors (Lipinski definition) is 1. The summed E-state index contributed by atoms with van der Waals surface area (Å²) in [5.74, 6) is -0.00162. The standard InChI is InChI=1S/C21H23N3OS/c1-24(2)19-10-8-17(9-11-19)14-22-20(25)13-18-15-26-21(23-18)12-16-6-4-3-5-7-16/h3-11,15H,12-14H2,1-2H3,(H,22,25). The molecule has 0 radical (unpaired) electrons. The molecule has 4 nitrogen and oxygen atoms in total. The van der Waals surface area contributed by atoms with Crippen LogP contribution in [0.5, 0.6) is 0 Å². The molecule has 0 saturated carbocycles. The molecule has 1 aromatic heterocycles. The highest BCUT2D eigenvalue weighted by Gasteiger charge is 2.08. The fourth-order valence-corrected chi connectivity index (χ4v) is 3.45. The third kappa shape index (κ3) is 5.17. The van der Waals surface area contributed by atoms with Crippen LogP contribution < -0.4 is 10.2 Å². The molecule has 3 rings (SSSR count). The highest BCUT2D eigenvalue weighted by molar-refractivity contribution is 7.09. The second kappa shape index (κ2) is 8.63. The molecule has 2 aromatic carbocycles. The topological polar surface area (TPSA) is 45.2 Å². The molecular formula is C21H23N3OS. The number of nitrogens with one attached hydrogen (secondary N) is 1. The molecule has 1 N–H and O–H groups in total. The summed E-state index contributed by atoms with van der Waals surface area (Å²) in [5.41, 5.74) is 4.31. The lowest BCUT2D eigenvalue weighted by Gasteiger charge is -2.12. The van der Waals surface area contributed by atoms with Gasteiger partial charge in [-0.15, -0.1) is 11.3 Å². The van der Waals surface area contributed by atoms with E-state index in [-0.39, 0.29) is 5.91 Å². The lowest BCUT2D eigenvalue weighted by molar-refractivity contribution is -0.120. The van der Waals surface area contributed by atoms with Crippen LogP contribution in [0.25, 0.3) is 0 Å². The highest BCUT2D eigenvalue weighted by atomic mass is 32.1. The Hall–Kier alpha value is -2.66. The molecule has 0 saturated heterocycles. The summed E-state index contributed by atoms with van der Waals surface area (Å²) in [4.78, 5) is 18.8. The van der Waals surface area contributed by atoms with E-state index in [9.17, 15) is 4.79 Å². The third-order valence-electron chi connectivity index (χ3n) is 4.08. The Morgan fingerprint density at radius 1 is 1.04 bits per heavy atom. The molecule has 26 heavy (non-hydrogen) atoms. The molecule has 0 spiro atoms. The van der Waals surface area contributed by atoms with E-state index >= 15 is 0 Å². The maximum absolute atomic E-state index is 12.2. The Bertz CT molecular complexity index is 841. The first-order valence-electron chi connectivity index (χ1n) is 8.60. The van der Waals surface area contributed by atoms with Gasteiger partial charge < -0.3 is 10.2 Å². The number of benzene rings is 2. The highest BCUT2D eigenvalue weighted by Crippen LogP contribution is 2.15. The predicted octanol–water partition coefficient (Wildman–Crippen LogP) is 3.66. The van der Waals surface area contributed by atoms with E-state index < -0.39 is 0 Å². The Labute approximate surface area is 158 Å². The minimum absolute atomic E-state index is 0.00162. The maximum Gasteiger partial charge on any atom is 0.226 e. The van der Waals surface area contributed by atoms with Crippen molar-refractivity contribution in [3.63, 3.8) is 0 Å². The van der Waals surface area contributed by atoms with Crippen LogP contribution in [-0.4, -0.2) is 25.0 Å². The summed E-state index contributed by atoms with van der Waals surface area (Å²) in [6.07, 6.45) is 1.13. The van der Waals surface area contributed by atoms with E-state index in [0.29, 0.717) is 13.0 Å². The molecule has 0 unspecified atom stereocenters. The van der Waals surface area contributed by atoms with Crippen LogP contribution in [-0.2, 0) is 24.2 Å². The Morgan fingerprint density at radius 3 is 2.46 bits per heavy atom. The van der Waals surface area contributed by atoms with Crippen molar-refractivity contribution in [3.05, 3.63) is 81.8 Å². The quantitative estimate of drug-likeness (QED) is 0.695.